The molecule has 1 atom stereocenters. The molecule has 0 aliphatic rings. The zero-order valence-corrected chi connectivity index (χ0v) is 24.7. The van der Waals surface area contributed by atoms with Crippen LogP contribution in [-0.2, 0) is 11.2 Å². The van der Waals surface area contributed by atoms with Gasteiger partial charge >= 0.3 is 5.97 Å². The minimum Gasteiger partial charge on any atom is -0.618 e. The van der Waals surface area contributed by atoms with Crippen molar-refractivity contribution in [2.24, 2.45) is 5.73 Å². The summed E-state index contributed by atoms with van der Waals surface area (Å²) >= 11 is 6.32. The molecule has 0 bridgehead atoms. The van der Waals surface area contributed by atoms with Crippen molar-refractivity contribution in [2.45, 2.75) is 12.5 Å². The van der Waals surface area contributed by atoms with Crippen molar-refractivity contribution in [3.8, 4) is 33.7 Å². The van der Waals surface area contributed by atoms with Crippen LogP contribution in [0.3, 0.4) is 0 Å². The fourth-order valence-corrected chi connectivity index (χ4v) is 5.19. The van der Waals surface area contributed by atoms with Crippen LogP contribution in [-0.4, -0.2) is 53.6 Å². The van der Waals surface area contributed by atoms with Gasteiger partial charge in [0.25, 0.3) is 5.91 Å². The Balaban J connectivity index is 1.37. The molecule has 230 valence electrons. The Hall–Kier alpha value is -6.08. The molecule has 3 N–H and O–H groups in total. The maximum absolute atomic E-state index is 13.8. The van der Waals surface area contributed by atoms with Gasteiger partial charge in [-0.05, 0) is 70.1 Å². The largest absolute Gasteiger partial charge is 0.618 e. The van der Waals surface area contributed by atoms with Gasteiger partial charge in [0.1, 0.15) is 18.1 Å². The Morgan fingerprint density at radius 3 is 2.43 bits per heavy atom. The number of rotatable bonds is 11. The molecule has 6 rings (SSSR count). The van der Waals surface area contributed by atoms with Gasteiger partial charge in [-0.3, -0.25) is 9.48 Å². The number of halogens is 1. The molecular weight excluding hydrogens is 612 g/mol. The van der Waals surface area contributed by atoms with Crippen molar-refractivity contribution in [3.05, 3.63) is 131 Å². The molecule has 14 heteroatoms. The van der Waals surface area contributed by atoms with E-state index < -0.39 is 17.9 Å². The van der Waals surface area contributed by atoms with Crippen molar-refractivity contribution >= 4 is 23.5 Å². The van der Waals surface area contributed by atoms with Gasteiger partial charge in [0.2, 0.25) is 5.69 Å². The Morgan fingerprint density at radius 1 is 1.00 bits per heavy atom. The van der Waals surface area contributed by atoms with Gasteiger partial charge in [-0.2, -0.15) is 14.5 Å². The standard InChI is InChI=1S/C32H25ClN8O5/c33-25-8-12-28(40-19-35-37-38-40)27(14-25)23-7-11-29(41(45)17-23)30(13-20-1-9-26(10-2-20)46-18-31(34)42)39-16-24(15-36-39)21-3-5-22(6-4-21)32(43)44/h1-12,14-17,19,30H,13,18H2,(H2,34,42)(H,43,44). The molecule has 0 radical (unpaired) electrons. The number of pyridine rings is 1. The summed E-state index contributed by atoms with van der Waals surface area (Å²) in [6.07, 6.45) is 6.78. The number of tetrazole rings is 1. The molecule has 46 heavy (non-hydrogen) atoms. The molecule has 0 fully saturated rings. The number of hydrogen-bond donors (Lipinski definition) is 2. The van der Waals surface area contributed by atoms with E-state index in [0.29, 0.717) is 39.7 Å². The SMILES string of the molecule is NC(=O)COc1ccc(CC(c2ccc(-c3cc(Cl)ccc3-n3cnnn3)c[n+]2[O-])n2cc(-c3ccc(C(=O)O)cc3)cn2)cc1. The fourth-order valence-electron chi connectivity index (χ4n) is 5.02. The van der Waals surface area contributed by atoms with Crippen molar-refractivity contribution < 1.29 is 24.2 Å². The predicted octanol–water partition coefficient (Wildman–Crippen LogP) is 3.87. The van der Waals surface area contributed by atoms with E-state index in [9.17, 15) is 19.9 Å². The summed E-state index contributed by atoms with van der Waals surface area (Å²) in [4.78, 5) is 22.4. The molecule has 0 aliphatic heterocycles. The molecule has 3 aromatic heterocycles. The molecule has 3 aromatic carbocycles. The predicted molar refractivity (Wildman–Crippen MR) is 166 cm³/mol. The average Bonchev–Trinajstić information content (AvgIpc) is 3.77. The van der Waals surface area contributed by atoms with Gasteiger partial charge in [-0.15, -0.1) is 5.10 Å². The molecule has 0 spiro atoms. The van der Waals surface area contributed by atoms with Crippen LogP contribution in [0.5, 0.6) is 5.75 Å². The second kappa shape index (κ2) is 12.9. The molecule has 6 aromatic rings. The number of carboxylic acids is 1. The number of ether oxygens (including phenoxy) is 1. The van der Waals surface area contributed by atoms with Crippen LogP contribution in [0, 0.1) is 5.21 Å². The fraction of sp³-hybridized carbons (Fsp3) is 0.0938. The number of carbonyl (C=O) groups excluding carboxylic acids is 1. The number of aromatic carboxylic acids is 1. The number of nitrogens with two attached hydrogens (primary N) is 1. The van der Waals surface area contributed by atoms with Gasteiger partial charge in [0.15, 0.2) is 12.8 Å². The maximum Gasteiger partial charge on any atom is 0.335 e. The second-order valence-corrected chi connectivity index (χ2v) is 10.7. The first kappa shape index (κ1) is 30.0. The van der Waals surface area contributed by atoms with Crippen LogP contribution in [0.1, 0.15) is 27.7 Å². The van der Waals surface area contributed by atoms with Crippen molar-refractivity contribution in [1.82, 2.24) is 30.0 Å². The molecule has 3 heterocycles. The highest BCUT2D eigenvalue weighted by molar-refractivity contribution is 6.31. The lowest BCUT2D eigenvalue weighted by molar-refractivity contribution is -0.615. The number of aromatic nitrogens is 7. The highest BCUT2D eigenvalue weighted by Gasteiger charge is 2.25. The molecule has 1 amide bonds. The van der Waals surface area contributed by atoms with Crippen molar-refractivity contribution in [3.63, 3.8) is 0 Å². The maximum atomic E-state index is 13.8. The Bertz CT molecular complexity index is 2010. The quantitative estimate of drug-likeness (QED) is 0.158. The van der Waals surface area contributed by atoms with E-state index in [1.165, 1.54) is 29.3 Å². The topological polar surface area (TPSA) is 178 Å². The van der Waals surface area contributed by atoms with E-state index in [-0.39, 0.29) is 12.2 Å². The smallest absolute Gasteiger partial charge is 0.335 e. The van der Waals surface area contributed by atoms with Crippen LogP contribution in [0.25, 0.3) is 27.9 Å². The number of amides is 1. The molecule has 13 nitrogen and oxygen atoms in total. The van der Waals surface area contributed by atoms with Gasteiger partial charge in [0.05, 0.1) is 17.4 Å². The van der Waals surface area contributed by atoms with E-state index in [1.54, 1.807) is 59.4 Å². The first-order valence-corrected chi connectivity index (χ1v) is 14.3. The first-order valence-electron chi connectivity index (χ1n) is 13.9. The summed E-state index contributed by atoms with van der Waals surface area (Å²) in [6, 6.07) is 21.8. The summed E-state index contributed by atoms with van der Waals surface area (Å²) < 4.78 is 9.38. The van der Waals surface area contributed by atoms with E-state index in [1.807, 2.05) is 24.4 Å². The minimum absolute atomic E-state index is 0.174. The van der Waals surface area contributed by atoms with Crippen LogP contribution < -0.4 is 15.2 Å². The lowest BCUT2D eigenvalue weighted by atomic mass is 10.00. The Kier molecular flexibility index (Phi) is 8.39. The lowest BCUT2D eigenvalue weighted by Crippen LogP contribution is -2.36. The molecule has 0 aliphatic carbocycles. The molecular formula is C32H25ClN8O5. The molecule has 0 saturated heterocycles. The van der Waals surface area contributed by atoms with E-state index in [2.05, 4.69) is 20.6 Å². The zero-order chi connectivity index (χ0) is 32.2. The Morgan fingerprint density at radius 2 is 1.76 bits per heavy atom. The van der Waals surface area contributed by atoms with Crippen molar-refractivity contribution in [2.75, 3.05) is 6.61 Å². The van der Waals surface area contributed by atoms with E-state index in [4.69, 9.17) is 22.1 Å². The number of benzene rings is 3. The summed E-state index contributed by atoms with van der Waals surface area (Å²) in [5.74, 6) is -1.12. The third kappa shape index (κ3) is 6.54. The monoisotopic (exact) mass is 636 g/mol. The van der Waals surface area contributed by atoms with E-state index >= 15 is 0 Å². The first-order chi connectivity index (χ1) is 22.2. The van der Waals surface area contributed by atoms with Gasteiger partial charge in [-0.1, -0.05) is 35.9 Å². The van der Waals surface area contributed by atoms with Crippen LogP contribution in [0.4, 0.5) is 0 Å². The van der Waals surface area contributed by atoms with Gasteiger partial charge in [0, 0.05) is 40.4 Å². The lowest BCUT2D eigenvalue weighted by Gasteiger charge is -2.18. The zero-order valence-electron chi connectivity index (χ0n) is 24.0. The van der Waals surface area contributed by atoms with Crippen LogP contribution in [0.2, 0.25) is 5.02 Å². The number of primary amides is 1. The second-order valence-electron chi connectivity index (χ2n) is 10.3. The third-order valence-corrected chi connectivity index (χ3v) is 7.51. The minimum atomic E-state index is -1.01. The molecule has 1 unspecified atom stereocenters. The summed E-state index contributed by atoms with van der Waals surface area (Å²) in [5.41, 5.74) is 10.1. The normalized spacial score (nSPS) is 11.7. The summed E-state index contributed by atoms with van der Waals surface area (Å²) in [6.45, 7) is -0.240. The third-order valence-electron chi connectivity index (χ3n) is 7.27. The number of hydrogen-bond acceptors (Lipinski definition) is 8. The van der Waals surface area contributed by atoms with Crippen LogP contribution >= 0.6 is 11.6 Å². The summed E-state index contributed by atoms with van der Waals surface area (Å²) in [7, 11) is 0. The Labute approximate surface area is 266 Å². The molecule has 0 saturated carbocycles. The highest BCUT2D eigenvalue weighted by Crippen LogP contribution is 2.31. The van der Waals surface area contributed by atoms with Gasteiger partial charge in [-0.25, -0.2) is 4.79 Å². The summed E-state index contributed by atoms with van der Waals surface area (Å²) in [5, 5.41) is 39.5. The van der Waals surface area contributed by atoms with E-state index in [0.717, 1.165) is 21.4 Å². The average molecular weight is 637 g/mol. The highest BCUT2D eigenvalue weighted by atomic mass is 35.5. The van der Waals surface area contributed by atoms with Crippen molar-refractivity contribution in [1.29, 1.82) is 0 Å². The van der Waals surface area contributed by atoms with Gasteiger partial charge < -0.3 is 20.8 Å². The number of nitrogens with zero attached hydrogens (tertiary/aromatic N) is 7. The number of carbonyl (C=O) groups is 2. The number of carboxylic acid groups (broad SMARTS) is 1. The van der Waals surface area contributed by atoms with Crippen LogP contribution in [0.15, 0.2) is 104 Å².